The van der Waals surface area contributed by atoms with Gasteiger partial charge in [0, 0.05) is 19.6 Å². The summed E-state index contributed by atoms with van der Waals surface area (Å²) in [5, 5.41) is 2.61. The number of amides is 2. The van der Waals surface area contributed by atoms with Gasteiger partial charge >= 0.3 is 11.8 Å². The van der Waals surface area contributed by atoms with Crippen LogP contribution >= 0.6 is 0 Å². The van der Waals surface area contributed by atoms with E-state index in [9.17, 15) is 9.59 Å². The van der Waals surface area contributed by atoms with Crippen LogP contribution in [0.4, 0.5) is 0 Å². The van der Waals surface area contributed by atoms with Gasteiger partial charge in [0.05, 0.1) is 0 Å². The Morgan fingerprint density at radius 1 is 1.47 bits per heavy atom. The molecule has 2 amide bonds. The van der Waals surface area contributed by atoms with E-state index in [4.69, 9.17) is 0 Å². The van der Waals surface area contributed by atoms with Gasteiger partial charge in [-0.3, -0.25) is 9.59 Å². The molecule has 86 valence electrons. The summed E-state index contributed by atoms with van der Waals surface area (Å²) in [6.45, 7) is 6.10. The van der Waals surface area contributed by atoms with Crippen molar-refractivity contribution in [1.82, 2.24) is 10.2 Å². The van der Waals surface area contributed by atoms with Gasteiger partial charge in [0.25, 0.3) is 0 Å². The number of nitrogens with zero attached hydrogens (tertiary/aromatic N) is 1. The zero-order chi connectivity index (χ0) is 11.3. The van der Waals surface area contributed by atoms with Gasteiger partial charge in [-0.25, -0.2) is 0 Å². The fourth-order valence-electron chi connectivity index (χ4n) is 1.83. The van der Waals surface area contributed by atoms with Gasteiger partial charge in [-0.1, -0.05) is 13.8 Å². The molecule has 1 atom stereocenters. The van der Waals surface area contributed by atoms with Crippen LogP contribution in [0.25, 0.3) is 0 Å². The normalized spacial score (nSPS) is 21.2. The van der Waals surface area contributed by atoms with E-state index in [0.717, 1.165) is 32.4 Å². The Kier molecular flexibility index (Phi) is 4.59. The van der Waals surface area contributed by atoms with Crippen LogP contribution < -0.4 is 5.32 Å². The average molecular weight is 212 g/mol. The van der Waals surface area contributed by atoms with E-state index < -0.39 is 5.91 Å². The van der Waals surface area contributed by atoms with Crippen molar-refractivity contribution in [2.75, 3.05) is 19.6 Å². The summed E-state index contributed by atoms with van der Waals surface area (Å²) in [7, 11) is 0. The number of rotatable bonds is 2. The summed E-state index contributed by atoms with van der Waals surface area (Å²) in [5.74, 6) is -0.303. The molecule has 0 aliphatic carbocycles. The lowest BCUT2D eigenvalue weighted by Crippen LogP contribution is -2.47. The first-order valence-electron chi connectivity index (χ1n) is 5.72. The minimum Gasteiger partial charge on any atom is -0.348 e. The summed E-state index contributed by atoms with van der Waals surface area (Å²) < 4.78 is 0. The SMILES string of the molecule is CCCNC(=O)C(=O)N1CCCC(C)C1. The van der Waals surface area contributed by atoms with Crippen molar-refractivity contribution in [2.45, 2.75) is 33.1 Å². The van der Waals surface area contributed by atoms with E-state index in [1.807, 2.05) is 6.92 Å². The highest BCUT2D eigenvalue weighted by atomic mass is 16.2. The fourth-order valence-corrected chi connectivity index (χ4v) is 1.83. The molecule has 0 saturated carbocycles. The van der Waals surface area contributed by atoms with Gasteiger partial charge in [0.2, 0.25) is 0 Å². The van der Waals surface area contributed by atoms with Crippen LogP contribution in [0.2, 0.25) is 0 Å². The fraction of sp³-hybridized carbons (Fsp3) is 0.818. The average Bonchev–Trinajstić information content (AvgIpc) is 2.24. The number of hydrogen-bond acceptors (Lipinski definition) is 2. The number of carbonyl (C=O) groups is 2. The number of nitrogens with one attached hydrogen (secondary N) is 1. The molecule has 1 aliphatic rings. The molecule has 0 spiro atoms. The van der Waals surface area contributed by atoms with Gasteiger partial charge in [-0.2, -0.15) is 0 Å². The molecule has 0 bridgehead atoms. The number of likely N-dealkylation sites (tertiary alicyclic amines) is 1. The van der Waals surface area contributed by atoms with Crippen molar-refractivity contribution in [3.63, 3.8) is 0 Å². The molecular weight excluding hydrogens is 192 g/mol. The summed E-state index contributed by atoms with van der Waals surface area (Å²) in [5.41, 5.74) is 0. The molecule has 1 aliphatic heterocycles. The van der Waals surface area contributed by atoms with Crippen LogP contribution in [0, 0.1) is 5.92 Å². The van der Waals surface area contributed by atoms with Crippen LogP contribution in [0.1, 0.15) is 33.1 Å². The third-order valence-corrected chi connectivity index (χ3v) is 2.67. The maximum Gasteiger partial charge on any atom is 0.311 e. The minimum absolute atomic E-state index is 0.366. The van der Waals surface area contributed by atoms with Crippen LogP contribution in [0.15, 0.2) is 0 Å². The molecule has 1 unspecified atom stereocenters. The lowest BCUT2D eigenvalue weighted by molar-refractivity contribution is -0.146. The Morgan fingerprint density at radius 2 is 2.20 bits per heavy atom. The number of carbonyl (C=O) groups excluding carboxylic acids is 2. The first-order chi connectivity index (χ1) is 7.15. The van der Waals surface area contributed by atoms with E-state index in [-0.39, 0.29) is 5.91 Å². The van der Waals surface area contributed by atoms with Gasteiger partial charge in [-0.15, -0.1) is 0 Å². The van der Waals surface area contributed by atoms with Gasteiger partial charge in [0.15, 0.2) is 0 Å². The second-order valence-corrected chi connectivity index (χ2v) is 4.25. The zero-order valence-corrected chi connectivity index (χ0v) is 9.58. The summed E-state index contributed by atoms with van der Waals surface area (Å²) in [4.78, 5) is 24.7. The third kappa shape index (κ3) is 3.53. The topological polar surface area (TPSA) is 49.4 Å². The standard InChI is InChI=1S/C11H20N2O2/c1-3-6-12-10(14)11(15)13-7-4-5-9(2)8-13/h9H,3-8H2,1-2H3,(H,12,14). The highest BCUT2D eigenvalue weighted by Crippen LogP contribution is 2.15. The van der Waals surface area contributed by atoms with Crippen molar-refractivity contribution >= 4 is 11.8 Å². The Hall–Kier alpha value is -1.06. The smallest absolute Gasteiger partial charge is 0.311 e. The second-order valence-electron chi connectivity index (χ2n) is 4.25. The van der Waals surface area contributed by atoms with Crippen molar-refractivity contribution < 1.29 is 9.59 Å². The van der Waals surface area contributed by atoms with Crippen LogP contribution in [-0.4, -0.2) is 36.3 Å². The van der Waals surface area contributed by atoms with E-state index in [1.54, 1.807) is 4.90 Å². The van der Waals surface area contributed by atoms with Crippen LogP contribution in [0.3, 0.4) is 0 Å². The quantitative estimate of drug-likeness (QED) is 0.687. The lowest BCUT2D eigenvalue weighted by Gasteiger charge is -2.30. The molecule has 1 N–H and O–H groups in total. The van der Waals surface area contributed by atoms with Crippen LogP contribution in [0.5, 0.6) is 0 Å². The molecule has 4 heteroatoms. The van der Waals surface area contributed by atoms with Gasteiger partial charge < -0.3 is 10.2 Å². The molecule has 15 heavy (non-hydrogen) atoms. The molecule has 0 aromatic rings. The van der Waals surface area contributed by atoms with E-state index >= 15 is 0 Å². The summed E-state index contributed by atoms with van der Waals surface area (Å²) in [6, 6.07) is 0. The third-order valence-electron chi connectivity index (χ3n) is 2.67. The molecule has 1 fully saturated rings. The largest absolute Gasteiger partial charge is 0.348 e. The maximum atomic E-state index is 11.7. The Labute approximate surface area is 91.0 Å². The monoisotopic (exact) mass is 212 g/mol. The van der Waals surface area contributed by atoms with Crippen LogP contribution in [-0.2, 0) is 9.59 Å². The number of hydrogen-bond donors (Lipinski definition) is 1. The summed E-state index contributed by atoms with van der Waals surface area (Å²) in [6.07, 6.45) is 3.02. The minimum atomic E-state index is -0.453. The van der Waals surface area contributed by atoms with Crippen molar-refractivity contribution in [1.29, 1.82) is 0 Å². The molecule has 0 aromatic heterocycles. The first kappa shape index (κ1) is 12.0. The van der Waals surface area contributed by atoms with Crippen molar-refractivity contribution in [2.24, 2.45) is 5.92 Å². The van der Waals surface area contributed by atoms with E-state index in [1.165, 1.54) is 0 Å². The van der Waals surface area contributed by atoms with Gasteiger partial charge in [0.1, 0.15) is 0 Å². The number of piperidine rings is 1. The Bertz CT molecular complexity index is 241. The second kappa shape index (κ2) is 5.73. The molecule has 1 heterocycles. The molecule has 0 radical (unpaired) electrons. The van der Waals surface area contributed by atoms with Crippen molar-refractivity contribution in [3.8, 4) is 0 Å². The highest BCUT2D eigenvalue weighted by Gasteiger charge is 2.25. The highest BCUT2D eigenvalue weighted by molar-refractivity contribution is 6.35. The first-order valence-corrected chi connectivity index (χ1v) is 5.72. The predicted octanol–water partition coefficient (Wildman–Crippen LogP) is 0.771. The van der Waals surface area contributed by atoms with Crippen molar-refractivity contribution in [3.05, 3.63) is 0 Å². The maximum absolute atomic E-state index is 11.7. The lowest BCUT2D eigenvalue weighted by atomic mass is 10.0. The Morgan fingerprint density at radius 3 is 2.80 bits per heavy atom. The predicted molar refractivity (Wildman–Crippen MR) is 58.3 cm³/mol. The molecule has 1 saturated heterocycles. The molecule has 1 rings (SSSR count). The molecule has 4 nitrogen and oxygen atoms in total. The summed E-state index contributed by atoms with van der Waals surface area (Å²) >= 11 is 0. The molecular formula is C11H20N2O2. The van der Waals surface area contributed by atoms with E-state index in [2.05, 4.69) is 12.2 Å². The molecule has 0 aromatic carbocycles. The zero-order valence-electron chi connectivity index (χ0n) is 9.58. The van der Waals surface area contributed by atoms with Gasteiger partial charge in [-0.05, 0) is 25.2 Å². The Balaban J connectivity index is 2.41. The van der Waals surface area contributed by atoms with E-state index in [0.29, 0.717) is 12.5 Å².